The van der Waals surface area contributed by atoms with E-state index in [0.29, 0.717) is 43.0 Å². The van der Waals surface area contributed by atoms with Gasteiger partial charge in [-0.05, 0) is 55.0 Å². The molecular weight excluding hydrogens is 490 g/mol. The van der Waals surface area contributed by atoms with Crippen LogP contribution < -0.4 is 14.4 Å². The molecule has 0 unspecified atom stereocenters. The van der Waals surface area contributed by atoms with Crippen molar-refractivity contribution in [3.63, 3.8) is 0 Å². The second kappa shape index (κ2) is 11.3. The number of hydrogen-bond acceptors (Lipinski definition) is 7. The number of nitrogens with one attached hydrogen (secondary N) is 1. The number of sulfonamides is 1. The predicted molar refractivity (Wildman–Crippen MR) is 144 cm³/mol. The molecule has 0 spiro atoms. The van der Waals surface area contributed by atoms with Gasteiger partial charge < -0.3 is 9.64 Å². The Hall–Kier alpha value is -3.46. The quantitative estimate of drug-likeness (QED) is 0.543. The van der Waals surface area contributed by atoms with Crippen molar-refractivity contribution in [2.75, 3.05) is 24.6 Å². The van der Waals surface area contributed by atoms with Crippen LogP contribution in [-0.2, 0) is 14.8 Å². The largest absolute Gasteiger partial charge is 0.493 e. The minimum absolute atomic E-state index is 0.0195. The van der Waals surface area contributed by atoms with E-state index in [1.165, 1.54) is 12.2 Å². The Kier molecular flexibility index (Phi) is 8.12. The number of nitrogens with zero attached hydrogens (tertiary/aromatic N) is 2. The monoisotopic (exact) mass is 523 g/mol. The molecule has 37 heavy (non-hydrogen) atoms. The number of ether oxygens (including phenoxy) is 1. The topological polar surface area (TPSA) is 106 Å². The lowest BCUT2D eigenvalue weighted by molar-refractivity contribution is -0.114. The van der Waals surface area contributed by atoms with Crippen LogP contribution in [0, 0.1) is 11.8 Å². The fraction of sp³-hybridized carbons (Fsp3) is 0.393. The molecule has 0 radical (unpaired) electrons. The first-order chi connectivity index (χ1) is 17.6. The highest BCUT2D eigenvalue weighted by atomic mass is 32.2. The molecule has 1 aliphatic carbocycles. The van der Waals surface area contributed by atoms with Gasteiger partial charge in [-0.25, -0.2) is 18.1 Å². The third kappa shape index (κ3) is 6.46. The van der Waals surface area contributed by atoms with Gasteiger partial charge in [0.2, 0.25) is 0 Å². The number of benzene rings is 1. The van der Waals surface area contributed by atoms with Gasteiger partial charge in [-0.2, -0.15) is 0 Å². The molecule has 1 aromatic carbocycles. The molecule has 0 atom stereocenters. The number of piperidine rings is 1. The molecular formula is C28H33N3O5S. The first-order valence-electron chi connectivity index (χ1n) is 12.6. The van der Waals surface area contributed by atoms with Gasteiger partial charge >= 0.3 is 0 Å². The van der Waals surface area contributed by atoms with Crippen molar-refractivity contribution < 1.29 is 22.7 Å². The number of aromatic nitrogens is 1. The SMILES string of the molecule is CC(C)COc1cccc(-c2ccc(C(=O)NS(=O)(=O)C3=CC=CCC3=O)c(N3CCC(C)CC3)n2)c1. The summed E-state index contributed by atoms with van der Waals surface area (Å²) < 4.78 is 33.6. The molecule has 1 N–H and O–H groups in total. The maximum atomic E-state index is 13.3. The Balaban J connectivity index is 1.67. The first kappa shape index (κ1) is 26.6. The number of pyridine rings is 1. The first-order valence-corrected chi connectivity index (χ1v) is 14.1. The zero-order valence-electron chi connectivity index (χ0n) is 21.4. The molecule has 0 bridgehead atoms. The number of carbonyl (C=O) groups excluding carboxylic acids is 2. The van der Waals surface area contributed by atoms with Crippen molar-refractivity contribution >= 4 is 27.5 Å². The van der Waals surface area contributed by atoms with Gasteiger partial charge in [-0.15, -0.1) is 0 Å². The van der Waals surface area contributed by atoms with Crippen LogP contribution in [0.2, 0.25) is 0 Å². The van der Waals surface area contributed by atoms with Gasteiger partial charge in [0.1, 0.15) is 16.5 Å². The molecule has 2 aromatic rings. The number of allylic oxidation sites excluding steroid dienone is 4. The van der Waals surface area contributed by atoms with Gasteiger partial charge in [0.25, 0.3) is 15.9 Å². The van der Waals surface area contributed by atoms with E-state index in [9.17, 15) is 18.0 Å². The summed E-state index contributed by atoms with van der Waals surface area (Å²) in [4.78, 5) is 31.8. The molecule has 2 aliphatic rings. The molecule has 2 heterocycles. The maximum absolute atomic E-state index is 13.3. The Morgan fingerprint density at radius 2 is 1.95 bits per heavy atom. The van der Waals surface area contributed by atoms with Crippen LogP contribution in [0.5, 0.6) is 5.75 Å². The molecule has 1 aromatic heterocycles. The van der Waals surface area contributed by atoms with Crippen molar-refractivity contribution in [2.24, 2.45) is 11.8 Å². The van der Waals surface area contributed by atoms with Crippen LogP contribution in [0.1, 0.15) is 50.4 Å². The van der Waals surface area contributed by atoms with E-state index in [1.54, 1.807) is 18.2 Å². The number of anilines is 1. The number of Topliss-reactive ketones (excluding diaryl/α,β-unsaturated/α-hetero) is 1. The van der Waals surface area contributed by atoms with E-state index in [0.717, 1.165) is 24.2 Å². The standard InChI is InChI=1S/C28H33N3O5S/c1-19(2)18-36-22-8-6-7-21(17-22)24-12-11-23(27(29-24)31-15-13-20(3)14-16-31)28(33)30-37(34,35)26-10-5-4-9-25(26)32/h4-8,10-12,17,19-20H,9,13-16,18H2,1-3H3,(H,30,33). The number of carbonyl (C=O) groups is 2. The third-order valence-electron chi connectivity index (χ3n) is 6.39. The van der Waals surface area contributed by atoms with Crippen molar-refractivity contribution in [1.29, 1.82) is 0 Å². The summed E-state index contributed by atoms with van der Waals surface area (Å²) in [5.74, 6) is 0.734. The van der Waals surface area contributed by atoms with Crippen molar-refractivity contribution in [2.45, 2.75) is 40.0 Å². The van der Waals surface area contributed by atoms with Gasteiger partial charge in [0, 0.05) is 25.1 Å². The molecule has 0 saturated carbocycles. The predicted octanol–water partition coefficient (Wildman–Crippen LogP) is 4.49. The fourth-order valence-electron chi connectivity index (χ4n) is 4.25. The van der Waals surface area contributed by atoms with Crippen molar-refractivity contribution in [3.05, 3.63) is 65.1 Å². The van der Waals surface area contributed by atoms with Gasteiger partial charge in [0.15, 0.2) is 5.78 Å². The highest BCUT2D eigenvalue weighted by Crippen LogP contribution is 2.30. The van der Waals surface area contributed by atoms with E-state index in [1.807, 2.05) is 29.2 Å². The van der Waals surface area contributed by atoms with Crippen LogP contribution >= 0.6 is 0 Å². The lowest BCUT2D eigenvalue weighted by Gasteiger charge is -2.32. The lowest BCUT2D eigenvalue weighted by Crippen LogP contribution is -2.38. The zero-order valence-corrected chi connectivity index (χ0v) is 22.3. The number of hydrogen-bond donors (Lipinski definition) is 1. The van der Waals surface area contributed by atoms with Gasteiger partial charge in [-0.3, -0.25) is 9.59 Å². The summed E-state index contributed by atoms with van der Waals surface area (Å²) in [6.45, 7) is 8.36. The Bertz CT molecular complexity index is 1340. The van der Waals surface area contributed by atoms with Crippen LogP contribution in [0.15, 0.2) is 59.5 Å². The summed E-state index contributed by atoms with van der Waals surface area (Å²) in [6.07, 6.45) is 6.15. The Labute approximate surface area is 218 Å². The molecule has 8 nitrogen and oxygen atoms in total. The Morgan fingerprint density at radius 3 is 2.65 bits per heavy atom. The molecule has 4 rings (SSSR count). The fourth-order valence-corrected chi connectivity index (χ4v) is 5.36. The number of rotatable bonds is 8. The Morgan fingerprint density at radius 1 is 1.19 bits per heavy atom. The van der Waals surface area contributed by atoms with Crippen LogP contribution in [0.25, 0.3) is 11.3 Å². The molecule has 196 valence electrons. The van der Waals surface area contributed by atoms with E-state index in [-0.39, 0.29) is 12.0 Å². The minimum atomic E-state index is -4.32. The summed E-state index contributed by atoms with van der Waals surface area (Å²) in [7, 11) is -4.32. The number of ketones is 1. The van der Waals surface area contributed by atoms with E-state index in [4.69, 9.17) is 9.72 Å². The molecule has 9 heteroatoms. The van der Waals surface area contributed by atoms with E-state index < -0.39 is 26.6 Å². The second-order valence-corrected chi connectivity index (χ2v) is 11.6. The molecule has 1 amide bonds. The summed E-state index contributed by atoms with van der Waals surface area (Å²) >= 11 is 0. The summed E-state index contributed by atoms with van der Waals surface area (Å²) in [6, 6.07) is 10.9. The third-order valence-corrected chi connectivity index (χ3v) is 7.79. The average molecular weight is 524 g/mol. The van der Waals surface area contributed by atoms with Crippen LogP contribution in [0.3, 0.4) is 0 Å². The summed E-state index contributed by atoms with van der Waals surface area (Å²) in [5.41, 5.74) is 1.63. The highest BCUT2D eigenvalue weighted by molar-refractivity contribution is 7.95. The van der Waals surface area contributed by atoms with Gasteiger partial charge in [-0.1, -0.05) is 45.1 Å². The zero-order chi connectivity index (χ0) is 26.6. The van der Waals surface area contributed by atoms with Gasteiger partial charge in [0.05, 0.1) is 17.9 Å². The minimum Gasteiger partial charge on any atom is -0.493 e. The lowest BCUT2D eigenvalue weighted by atomic mass is 9.98. The van der Waals surface area contributed by atoms with Crippen molar-refractivity contribution in [1.82, 2.24) is 9.71 Å². The molecule has 1 saturated heterocycles. The molecule has 1 aliphatic heterocycles. The van der Waals surface area contributed by atoms with E-state index >= 15 is 0 Å². The number of amides is 1. The highest BCUT2D eigenvalue weighted by Gasteiger charge is 2.30. The smallest absolute Gasteiger partial charge is 0.268 e. The second-order valence-electron chi connectivity index (χ2n) is 9.99. The summed E-state index contributed by atoms with van der Waals surface area (Å²) in [5, 5.41) is 0. The van der Waals surface area contributed by atoms with Crippen molar-refractivity contribution in [3.8, 4) is 17.0 Å². The average Bonchev–Trinajstić information content (AvgIpc) is 2.87. The maximum Gasteiger partial charge on any atom is 0.268 e. The van der Waals surface area contributed by atoms with Crippen LogP contribution in [0.4, 0.5) is 5.82 Å². The molecule has 1 fully saturated rings. The normalized spacial score (nSPS) is 16.6. The van der Waals surface area contributed by atoms with Crippen LogP contribution in [-0.4, -0.2) is 44.8 Å². The van der Waals surface area contributed by atoms with E-state index in [2.05, 4.69) is 25.5 Å².